The standard InChI is InChI=1S/C12H17N3O4/c1-7(2)9-3-11(19-14-9)13-10(16)6-15-4-8(5-15)12(17)18/h3,7-8H,4-6H2,1-2H3,(H,13,16)(H,17,18). The van der Waals surface area contributed by atoms with E-state index < -0.39 is 5.97 Å². The first-order valence-corrected chi connectivity index (χ1v) is 6.17. The van der Waals surface area contributed by atoms with Gasteiger partial charge in [0.05, 0.1) is 18.2 Å². The van der Waals surface area contributed by atoms with E-state index in [2.05, 4.69) is 10.5 Å². The molecule has 104 valence electrons. The van der Waals surface area contributed by atoms with Crippen molar-refractivity contribution in [3.63, 3.8) is 0 Å². The first kappa shape index (κ1) is 13.5. The number of aromatic nitrogens is 1. The van der Waals surface area contributed by atoms with Crippen molar-refractivity contribution < 1.29 is 19.2 Å². The third-order valence-electron chi connectivity index (χ3n) is 3.06. The van der Waals surface area contributed by atoms with Gasteiger partial charge in [-0.2, -0.15) is 0 Å². The van der Waals surface area contributed by atoms with Crippen molar-refractivity contribution in [1.82, 2.24) is 10.1 Å². The summed E-state index contributed by atoms with van der Waals surface area (Å²) in [5.74, 6) is -0.834. The number of hydrogen-bond donors (Lipinski definition) is 2. The lowest BCUT2D eigenvalue weighted by Crippen LogP contribution is -2.52. The molecule has 1 aliphatic heterocycles. The minimum Gasteiger partial charge on any atom is -0.481 e. The maximum Gasteiger partial charge on any atom is 0.309 e. The minimum absolute atomic E-state index is 0.168. The zero-order chi connectivity index (χ0) is 14.0. The van der Waals surface area contributed by atoms with Crippen LogP contribution in [0.2, 0.25) is 0 Å². The van der Waals surface area contributed by atoms with Crippen LogP contribution in [0.15, 0.2) is 10.6 Å². The molecule has 1 aliphatic rings. The number of nitrogens with zero attached hydrogens (tertiary/aromatic N) is 2. The molecule has 0 bridgehead atoms. The summed E-state index contributed by atoms with van der Waals surface area (Å²) < 4.78 is 4.99. The van der Waals surface area contributed by atoms with Gasteiger partial charge in [-0.25, -0.2) is 0 Å². The molecule has 1 amide bonds. The van der Waals surface area contributed by atoms with Gasteiger partial charge < -0.3 is 9.63 Å². The number of carbonyl (C=O) groups is 2. The summed E-state index contributed by atoms with van der Waals surface area (Å²) in [6.07, 6.45) is 0. The third-order valence-corrected chi connectivity index (χ3v) is 3.06. The number of carboxylic acids is 1. The lowest BCUT2D eigenvalue weighted by Gasteiger charge is -2.35. The molecule has 0 unspecified atom stereocenters. The molecular formula is C12H17N3O4. The van der Waals surface area contributed by atoms with E-state index in [1.165, 1.54) is 0 Å². The van der Waals surface area contributed by atoms with Crippen LogP contribution in [0.4, 0.5) is 5.88 Å². The molecule has 2 rings (SSSR count). The fraction of sp³-hybridized carbons (Fsp3) is 0.583. The number of rotatable bonds is 5. The van der Waals surface area contributed by atoms with E-state index in [4.69, 9.17) is 9.63 Å². The third kappa shape index (κ3) is 3.31. The van der Waals surface area contributed by atoms with E-state index in [0.717, 1.165) is 5.69 Å². The Bertz CT molecular complexity index is 477. The number of aliphatic carboxylic acids is 1. The van der Waals surface area contributed by atoms with Gasteiger partial charge >= 0.3 is 5.97 Å². The average molecular weight is 267 g/mol. The van der Waals surface area contributed by atoms with Crippen LogP contribution >= 0.6 is 0 Å². The fourth-order valence-corrected chi connectivity index (χ4v) is 1.86. The van der Waals surface area contributed by atoms with E-state index in [0.29, 0.717) is 19.0 Å². The Morgan fingerprint density at radius 3 is 2.79 bits per heavy atom. The highest BCUT2D eigenvalue weighted by atomic mass is 16.5. The van der Waals surface area contributed by atoms with E-state index >= 15 is 0 Å². The summed E-state index contributed by atoms with van der Waals surface area (Å²) in [5.41, 5.74) is 0.783. The highest BCUT2D eigenvalue weighted by molar-refractivity contribution is 5.91. The normalized spacial score (nSPS) is 16.4. The van der Waals surface area contributed by atoms with Crippen molar-refractivity contribution in [3.05, 3.63) is 11.8 Å². The van der Waals surface area contributed by atoms with Crippen LogP contribution in [-0.2, 0) is 9.59 Å². The summed E-state index contributed by atoms with van der Waals surface area (Å²) in [5, 5.41) is 15.2. The number of carboxylic acid groups (broad SMARTS) is 1. The predicted octanol–water partition coefficient (Wildman–Crippen LogP) is 0.753. The number of amides is 1. The topological polar surface area (TPSA) is 95.7 Å². The molecule has 1 aromatic heterocycles. The summed E-state index contributed by atoms with van der Waals surface area (Å²) in [7, 11) is 0. The monoisotopic (exact) mass is 267 g/mol. The first-order chi connectivity index (χ1) is 8.95. The SMILES string of the molecule is CC(C)c1cc(NC(=O)CN2CC(C(=O)O)C2)on1. The molecule has 0 aliphatic carbocycles. The summed E-state index contributed by atoms with van der Waals surface area (Å²) >= 11 is 0. The molecule has 1 aromatic rings. The smallest absolute Gasteiger partial charge is 0.309 e. The summed E-state index contributed by atoms with van der Waals surface area (Å²) in [4.78, 5) is 24.1. The van der Waals surface area contributed by atoms with Gasteiger partial charge in [0, 0.05) is 19.2 Å². The zero-order valence-electron chi connectivity index (χ0n) is 10.9. The van der Waals surface area contributed by atoms with Gasteiger partial charge in [-0.1, -0.05) is 19.0 Å². The zero-order valence-corrected chi connectivity index (χ0v) is 10.9. The van der Waals surface area contributed by atoms with Crippen LogP contribution in [0.1, 0.15) is 25.5 Å². The van der Waals surface area contributed by atoms with E-state index in [9.17, 15) is 9.59 Å². The Hall–Kier alpha value is -1.89. The van der Waals surface area contributed by atoms with Crippen LogP contribution < -0.4 is 5.32 Å². The predicted molar refractivity (Wildman–Crippen MR) is 66.8 cm³/mol. The Labute approximate surface area is 110 Å². The number of nitrogens with one attached hydrogen (secondary N) is 1. The Balaban J connectivity index is 1.77. The van der Waals surface area contributed by atoms with Crippen LogP contribution in [0.5, 0.6) is 0 Å². The molecule has 7 nitrogen and oxygen atoms in total. The minimum atomic E-state index is -0.812. The maximum atomic E-state index is 11.7. The van der Waals surface area contributed by atoms with Crippen molar-refractivity contribution in [2.24, 2.45) is 5.92 Å². The Morgan fingerprint density at radius 1 is 1.58 bits per heavy atom. The Morgan fingerprint density at radius 2 is 2.26 bits per heavy atom. The highest BCUT2D eigenvalue weighted by Gasteiger charge is 2.33. The second-order valence-corrected chi connectivity index (χ2v) is 5.05. The summed E-state index contributed by atoms with van der Waals surface area (Å²) in [6.45, 7) is 4.96. The summed E-state index contributed by atoms with van der Waals surface area (Å²) in [6, 6.07) is 1.69. The number of anilines is 1. The molecule has 7 heteroatoms. The molecule has 0 saturated carbocycles. The van der Waals surface area contributed by atoms with Crippen LogP contribution in [0.3, 0.4) is 0 Å². The number of hydrogen-bond acceptors (Lipinski definition) is 5. The van der Waals surface area contributed by atoms with E-state index in [1.54, 1.807) is 11.0 Å². The van der Waals surface area contributed by atoms with Gasteiger partial charge in [0.2, 0.25) is 11.8 Å². The molecule has 2 heterocycles. The molecule has 2 N–H and O–H groups in total. The van der Waals surface area contributed by atoms with Gasteiger partial charge in [-0.15, -0.1) is 0 Å². The highest BCUT2D eigenvalue weighted by Crippen LogP contribution is 2.18. The number of carbonyl (C=O) groups excluding carboxylic acids is 1. The molecule has 1 saturated heterocycles. The molecule has 0 aromatic carbocycles. The molecule has 0 atom stereocenters. The van der Waals surface area contributed by atoms with Crippen molar-refractivity contribution in [2.45, 2.75) is 19.8 Å². The fourth-order valence-electron chi connectivity index (χ4n) is 1.86. The number of likely N-dealkylation sites (tertiary alicyclic amines) is 1. The van der Waals surface area contributed by atoms with Crippen molar-refractivity contribution in [2.75, 3.05) is 25.0 Å². The molecule has 19 heavy (non-hydrogen) atoms. The quantitative estimate of drug-likeness (QED) is 0.817. The van der Waals surface area contributed by atoms with Crippen LogP contribution in [0, 0.1) is 5.92 Å². The van der Waals surface area contributed by atoms with Crippen LogP contribution in [-0.4, -0.2) is 46.7 Å². The molecule has 0 spiro atoms. The molecule has 1 fully saturated rings. The van der Waals surface area contributed by atoms with Gasteiger partial charge in [0.1, 0.15) is 0 Å². The van der Waals surface area contributed by atoms with Gasteiger partial charge in [0.25, 0.3) is 0 Å². The van der Waals surface area contributed by atoms with Gasteiger partial charge in [-0.05, 0) is 5.92 Å². The van der Waals surface area contributed by atoms with Gasteiger partial charge in [-0.3, -0.25) is 19.8 Å². The lowest BCUT2D eigenvalue weighted by molar-refractivity contribution is -0.148. The maximum absolute atomic E-state index is 11.7. The average Bonchev–Trinajstić information content (AvgIpc) is 2.70. The van der Waals surface area contributed by atoms with Crippen molar-refractivity contribution >= 4 is 17.8 Å². The molecular weight excluding hydrogens is 250 g/mol. The largest absolute Gasteiger partial charge is 0.481 e. The van der Waals surface area contributed by atoms with E-state index in [1.807, 2.05) is 13.8 Å². The lowest BCUT2D eigenvalue weighted by atomic mass is 10.0. The van der Waals surface area contributed by atoms with Crippen molar-refractivity contribution in [1.29, 1.82) is 0 Å². The molecule has 0 radical (unpaired) electrons. The Kier molecular flexibility index (Phi) is 3.84. The first-order valence-electron chi connectivity index (χ1n) is 6.17. The van der Waals surface area contributed by atoms with Crippen LogP contribution in [0.25, 0.3) is 0 Å². The van der Waals surface area contributed by atoms with Gasteiger partial charge in [0.15, 0.2) is 0 Å². The van der Waals surface area contributed by atoms with E-state index in [-0.39, 0.29) is 24.3 Å². The second kappa shape index (κ2) is 5.40. The second-order valence-electron chi connectivity index (χ2n) is 5.05. The van der Waals surface area contributed by atoms with Crippen molar-refractivity contribution in [3.8, 4) is 0 Å².